The molecule has 0 spiro atoms. The van der Waals surface area contributed by atoms with E-state index in [1.165, 1.54) is 24.9 Å². The summed E-state index contributed by atoms with van der Waals surface area (Å²) < 4.78 is 10.2. The standard InChI is InChI=1S/C13H20N2O3S/c1-9-11(12(16)17-3)19-13(14-9)15(2)7-10-5-4-6-18-8-10/h10H,4-8H2,1-3H3. The van der Waals surface area contributed by atoms with Crippen molar-refractivity contribution in [1.29, 1.82) is 0 Å². The molecule has 0 radical (unpaired) electrons. The molecule has 1 atom stereocenters. The number of hydrogen-bond acceptors (Lipinski definition) is 6. The molecule has 1 fully saturated rings. The van der Waals surface area contributed by atoms with Gasteiger partial charge in [-0.25, -0.2) is 9.78 Å². The van der Waals surface area contributed by atoms with Gasteiger partial charge in [0.15, 0.2) is 5.13 Å². The molecule has 0 aliphatic carbocycles. The number of nitrogens with zero attached hydrogens (tertiary/aromatic N) is 2. The summed E-state index contributed by atoms with van der Waals surface area (Å²) in [6, 6.07) is 0. The summed E-state index contributed by atoms with van der Waals surface area (Å²) in [4.78, 5) is 18.7. The number of thiazole rings is 1. The smallest absolute Gasteiger partial charge is 0.350 e. The summed E-state index contributed by atoms with van der Waals surface area (Å²) in [7, 11) is 3.40. The van der Waals surface area contributed by atoms with Crippen LogP contribution in [0.15, 0.2) is 0 Å². The number of aryl methyl sites for hydroxylation is 1. The number of hydrogen-bond donors (Lipinski definition) is 0. The summed E-state index contributed by atoms with van der Waals surface area (Å²) in [5, 5.41) is 0.864. The van der Waals surface area contributed by atoms with Gasteiger partial charge >= 0.3 is 5.97 Å². The predicted molar refractivity (Wildman–Crippen MR) is 75.0 cm³/mol. The second-order valence-corrected chi connectivity index (χ2v) is 5.84. The molecule has 1 unspecified atom stereocenters. The fourth-order valence-corrected chi connectivity index (χ4v) is 3.20. The van der Waals surface area contributed by atoms with Crippen LogP contribution in [0.5, 0.6) is 0 Å². The highest BCUT2D eigenvalue weighted by Crippen LogP contribution is 2.27. The fourth-order valence-electron chi connectivity index (χ4n) is 2.24. The van der Waals surface area contributed by atoms with Gasteiger partial charge in [0.25, 0.3) is 0 Å². The molecular formula is C13H20N2O3S. The number of methoxy groups -OCH3 is 1. The van der Waals surface area contributed by atoms with Crippen LogP contribution in [-0.2, 0) is 9.47 Å². The van der Waals surface area contributed by atoms with Crippen LogP contribution < -0.4 is 4.90 Å². The van der Waals surface area contributed by atoms with Crippen molar-refractivity contribution >= 4 is 22.4 Å². The third-order valence-corrected chi connectivity index (χ3v) is 4.52. The normalized spacial score (nSPS) is 19.2. The molecule has 106 valence electrons. The van der Waals surface area contributed by atoms with E-state index in [1.807, 2.05) is 14.0 Å². The zero-order valence-corrected chi connectivity index (χ0v) is 12.5. The molecule has 1 aromatic heterocycles. The average molecular weight is 284 g/mol. The first-order valence-electron chi connectivity index (χ1n) is 6.46. The van der Waals surface area contributed by atoms with Crippen molar-refractivity contribution in [3.63, 3.8) is 0 Å². The molecule has 1 aliphatic rings. The number of rotatable bonds is 4. The predicted octanol–water partition coefficient (Wildman–Crippen LogP) is 2.10. The number of carbonyl (C=O) groups excluding carboxylic acids is 1. The van der Waals surface area contributed by atoms with Crippen LogP contribution in [0.1, 0.15) is 28.2 Å². The maximum atomic E-state index is 11.6. The zero-order valence-electron chi connectivity index (χ0n) is 11.6. The van der Waals surface area contributed by atoms with Gasteiger partial charge in [0.05, 0.1) is 19.4 Å². The summed E-state index contributed by atoms with van der Waals surface area (Å²) in [5.74, 6) is 0.236. The molecule has 1 saturated heterocycles. The highest BCUT2D eigenvalue weighted by atomic mass is 32.1. The second kappa shape index (κ2) is 6.34. The van der Waals surface area contributed by atoms with Crippen LogP contribution in [0.25, 0.3) is 0 Å². The van der Waals surface area contributed by atoms with Crippen molar-refractivity contribution in [2.45, 2.75) is 19.8 Å². The van der Waals surface area contributed by atoms with Crippen LogP contribution in [-0.4, -0.2) is 44.9 Å². The Balaban J connectivity index is 2.02. The van der Waals surface area contributed by atoms with Crippen LogP contribution in [0.3, 0.4) is 0 Å². The van der Waals surface area contributed by atoms with E-state index in [2.05, 4.69) is 9.88 Å². The molecule has 1 aliphatic heterocycles. The topological polar surface area (TPSA) is 51.7 Å². The number of esters is 1. The number of ether oxygens (including phenoxy) is 2. The average Bonchev–Trinajstić information content (AvgIpc) is 2.81. The molecule has 0 N–H and O–H groups in total. The highest BCUT2D eigenvalue weighted by Gasteiger charge is 2.21. The van der Waals surface area contributed by atoms with Crippen LogP contribution in [0.2, 0.25) is 0 Å². The van der Waals surface area contributed by atoms with E-state index in [0.717, 1.165) is 37.0 Å². The molecule has 5 nitrogen and oxygen atoms in total. The molecule has 0 saturated carbocycles. The first-order chi connectivity index (χ1) is 9.11. The Hall–Kier alpha value is -1.14. The van der Waals surface area contributed by atoms with Crippen molar-refractivity contribution in [2.75, 3.05) is 38.8 Å². The molecule has 2 rings (SSSR count). The Bertz CT molecular complexity index is 441. The Morgan fingerprint density at radius 2 is 2.42 bits per heavy atom. The van der Waals surface area contributed by atoms with E-state index < -0.39 is 0 Å². The first kappa shape index (κ1) is 14.3. The van der Waals surface area contributed by atoms with Gasteiger partial charge in [-0.15, -0.1) is 0 Å². The van der Waals surface area contributed by atoms with Gasteiger partial charge < -0.3 is 14.4 Å². The van der Waals surface area contributed by atoms with Crippen molar-refractivity contribution < 1.29 is 14.3 Å². The lowest BCUT2D eigenvalue weighted by molar-refractivity contribution is 0.0576. The van der Waals surface area contributed by atoms with Gasteiger partial charge in [-0.05, 0) is 25.7 Å². The number of anilines is 1. The summed E-state index contributed by atoms with van der Waals surface area (Å²) in [5.41, 5.74) is 0.735. The van der Waals surface area contributed by atoms with Crippen LogP contribution >= 0.6 is 11.3 Å². The summed E-state index contributed by atoms with van der Waals surface area (Å²) in [6.45, 7) is 4.44. The van der Waals surface area contributed by atoms with E-state index in [-0.39, 0.29) is 5.97 Å². The molecule has 19 heavy (non-hydrogen) atoms. The van der Waals surface area contributed by atoms with E-state index >= 15 is 0 Å². The lowest BCUT2D eigenvalue weighted by atomic mass is 10.0. The minimum atomic E-state index is -0.310. The van der Waals surface area contributed by atoms with Gasteiger partial charge in [0, 0.05) is 20.2 Å². The molecule has 2 heterocycles. The third kappa shape index (κ3) is 3.45. The molecule has 0 amide bonds. The van der Waals surface area contributed by atoms with Gasteiger partial charge in [0.1, 0.15) is 4.88 Å². The van der Waals surface area contributed by atoms with Gasteiger partial charge in [0.2, 0.25) is 0 Å². The van der Waals surface area contributed by atoms with E-state index in [4.69, 9.17) is 9.47 Å². The monoisotopic (exact) mass is 284 g/mol. The van der Waals surface area contributed by atoms with Crippen molar-refractivity contribution in [3.05, 3.63) is 10.6 Å². The minimum absolute atomic E-state index is 0.310. The lowest BCUT2D eigenvalue weighted by Gasteiger charge is -2.26. The van der Waals surface area contributed by atoms with Crippen LogP contribution in [0.4, 0.5) is 5.13 Å². The van der Waals surface area contributed by atoms with Gasteiger partial charge in [-0.2, -0.15) is 0 Å². The van der Waals surface area contributed by atoms with Crippen molar-refractivity contribution in [1.82, 2.24) is 4.98 Å². The quantitative estimate of drug-likeness (QED) is 0.793. The second-order valence-electron chi connectivity index (χ2n) is 4.87. The maximum absolute atomic E-state index is 11.6. The van der Waals surface area contributed by atoms with E-state index in [9.17, 15) is 4.79 Å². The first-order valence-corrected chi connectivity index (χ1v) is 7.28. The Morgan fingerprint density at radius 3 is 3.05 bits per heavy atom. The fraction of sp³-hybridized carbons (Fsp3) is 0.692. The largest absolute Gasteiger partial charge is 0.465 e. The molecule has 1 aromatic rings. The van der Waals surface area contributed by atoms with Crippen LogP contribution in [0, 0.1) is 12.8 Å². The molecule has 0 aromatic carbocycles. The molecule has 6 heteroatoms. The highest BCUT2D eigenvalue weighted by molar-refractivity contribution is 7.17. The van der Waals surface area contributed by atoms with Crippen molar-refractivity contribution in [3.8, 4) is 0 Å². The summed E-state index contributed by atoms with van der Waals surface area (Å²) in [6.07, 6.45) is 2.32. The number of aromatic nitrogens is 1. The van der Waals surface area contributed by atoms with Crippen molar-refractivity contribution in [2.24, 2.45) is 5.92 Å². The summed E-state index contributed by atoms with van der Waals surface area (Å²) >= 11 is 1.39. The third-order valence-electron chi connectivity index (χ3n) is 3.27. The Morgan fingerprint density at radius 1 is 1.63 bits per heavy atom. The molecular weight excluding hydrogens is 264 g/mol. The minimum Gasteiger partial charge on any atom is -0.465 e. The lowest BCUT2D eigenvalue weighted by Crippen LogP contribution is -2.30. The van der Waals surface area contributed by atoms with E-state index in [0.29, 0.717) is 10.8 Å². The maximum Gasteiger partial charge on any atom is 0.350 e. The Labute approximate surface area is 117 Å². The Kier molecular flexibility index (Phi) is 4.76. The van der Waals surface area contributed by atoms with Gasteiger partial charge in [-0.3, -0.25) is 0 Å². The SMILES string of the molecule is COC(=O)c1sc(N(C)CC2CCCOC2)nc1C. The number of carbonyl (C=O) groups is 1. The van der Waals surface area contributed by atoms with Gasteiger partial charge in [-0.1, -0.05) is 11.3 Å². The van der Waals surface area contributed by atoms with E-state index in [1.54, 1.807) is 0 Å². The molecule has 0 bridgehead atoms. The zero-order chi connectivity index (χ0) is 13.8.